The monoisotopic (exact) mass is 850 g/mol. The number of nitrogens with zero attached hydrogens (tertiary/aromatic N) is 1. The van der Waals surface area contributed by atoms with Crippen LogP contribution >= 0.6 is 0 Å². The highest BCUT2D eigenvalue weighted by atomic mass is 18.2. The molecule has 0 saturated heterocycles. The number of nitro groups is 1. The van der Waals surface area contributed by atoms with E-state index in [-0.39, 0.29) is 47.3 Å². The van der Waals surface area contributed by atoms with Crippen LogP contribution in [0.25, 0.3) is 12.2 Å². The van der Waals surface area contributed by atoms with Gasteiger partial charge in [-0.25, -0.2) is 4.39 Å². The Balaban J connectivity index is 0.000000158. The van der Waals surface area contributed by atoms with E-state index < -0.39 is 51.8 Å². The lowest BCUT2D eigenvalue weighted by Crippen LogP contribution is -2.43. The SMILES string of the molecule is COc1cc2c(cc1OC)C1C(=O)c3c([18F])cc4c(c3OC1CO2)C=CC(C)(C)O4.COc1cc2c(cc1OC)C1C(=O)c3c([N+](=O)[O-])cc4c(c3OC1CO2)C=CC(C)(C)O4. The first-order valence-electron chi connectivity index (χ1n) is 19.7. The fourth-order valence-electron chi connectivity index (χ4n) is 8.66. The number of carbonyl (C=O) groups excluding carboxylic acids is 2. The summed E-state index contributed by atoms with van der Waals surface area (Å²) in [5.74, 6) is 0.893. The molecule has 6 aliphatic rings. The average Bonchev–Trinajstić information content (AvgIpc) is 3.23. The van der Waals surface area contributed by atoms with Gasteiger partial charge in [-0.2, -0.15) is 0 Å². The van der Waals surface area contributed by atoms with Crippen molar-refractivity contribution in [2.45, 2.75) is 62.9 Å². The molecule has 62 heavy (non-hydrogen) atoms. The largest absolute Gasteiger partial charge is 0.493 e. The molecule has 0 spiro atoms. The normalized spacial score (nSPS) is 22.0. The van der Waals surface area contributed by atoms with E-state index in [0.717, 1.165) is 0 Å². The lowest BCUT2D eigenvalue weighted by Gasteiger charge is -2.39. The Labute approximate surface area is 355 Å². The topological polar surface area (TPSA) is 170 Å². The lowest BCUT2D eigenvalue weighted by molar-refractivity contribution is -0.385. The van der Waals surface area contributed by atoms with Gasteiger partial charge >= 0.3 is 0 Å². The highest BCUT2D eigenvalue weighted by molar-refractivity contribution is 6.10. The maximum Gasteiger partial charge on any atom is 0.287 e. The van der Waals surface area contributed by atoms with Gasteiger partial charge in [0.1, 0.15) is 82.5 Å². The van der Waals surface area contributed by atoms with Gasteiger partial charge in [-0.3, -0.25) is 19.7 Å². The summed E-state index contributed by atoms with van der Waals surface area (Å²) < 4.78 is 72.3. The first-order chi connectivity index (χ1) is 29.6. The molecule has 0 amide bonds. The molecule has 0 N–H and O–H groups in total. The van der Waals surface area contributed by atoms with Crippen LogP contribution in [0.2, 0.25) is 0 Å². The van der Waals surface area contributed by atoms with Crippen LogP contribution in [0.1, 0.15) is 82.5 Å². The molecule has 15 nitrogen and oxygen atoms in total. The zero-order chi connectivity index (χ0) is 44.0. The summed E-state index contributed by atoms with van der Waals surface area (Å²) in [5.41, 5.74) is 0.512. The number of Topliss-reactive ketones (excluding diaryl/α,β-unsaturated/α-hetero) is 2. The minimum atomic E-state index is -0.785. The van der Waals surface area contributed by atoms with Gasteiger partial charge < -0.3 is 47.4 Å². The highest BCUT2D eigenvalue weighted by Gasteiger charge is 2.49. The zero-order valence-electron chi connectivity index (χ0n) is 35.0. The predicted octanol–water partition coefficient (Wildman–Crippen LogP) is 8.06. The standard InChI is InChI=1S/C23H21FO6.C23H21NO8/c1-23(2)6-5-11-15(30-23)8-13(24)20-21(25)19-12-7-16(26-3)17(27-4)9-14(12)28-10-18(19)29-22(11)20;1-23(2)6-5-11-15(32-23)8-13(24(26)27)20-21(25)19-12-7-16(28-3)17(29-4)9-14(12)30-10-18(19)31-22(11)20/h5-9,18-19H,10H2,1-4H3;5-9,18-19H,10H2,1-4H3/i24-1;. The number of nitro benzene ring substituents is 1. The van der Waals surface area contributed by atoms with Gasteiger partial charge in [0, 0.05) is 29.3 Å². The van der Waals surface area contributed by atoms with Crippen molar-refractivity contribution in [1.29, 1.82) is 0 Å². The first kappa shape index (κ1) is 40.4. The molecule has 16 heteroatoms. The molecular weight excluding hydrogens is 808 g/mol. The van der Waals surface area contributed by atoms with E-state index in [1.165, 1.54) is 40.6 Å². The summed E-state index contributed by atoms with van der Waals surface area (Å²) in [6.07, 6.45) is 6.03. The predicted molar refractivity (Wildman–Crippen MR) is 220 cm³/mol. The van der Waals surface area contributed by atoms with E-state index in [0.29, 0.717) is 68.2 Å². The van der Waals surface area contributed by atoms with Crippen LogP contribution in [0.5, 0.6) is 57.5 Å². The van der Waals surface area contributed by atoms with Gasteiger partial charge in [-0.1, -0.05) is 0 Å². The fraction of sp³-hybridized carbons (Fsp3) is 0.348. The fourth-order valence-corrected chi connectivity index (χ4v) is 8.66. The Bertz CT molecular complexity index is 2670. The van der Waals surface area contributed by atoms with Crippen LogP contribution in [0.4, 0.5) is 10.1 Å². The molecule has 0 fully saturated rings. The molecule has 322 valence electrons. The second-order valence-electron chi connectivity index (χ2n) is 16.4. The minimum Gasteiger partial charge on any atom is -0.493 e. The molecule has 0 bridgehead atoms. The van der Waals surface area contributed by atoms with Crippen molar-refractivity contribution >= 4 is 29.4 Å². The number of hydrogen-bond acceptors (Lipinski definition) is 14. The second kappa shape index (κ2) is 14.6. The first-order valence-corrected chi connectivity index (χ1v) is 19.7. The smallest absolute Gasteiger partial charge is 0.287 e. The number of ether oxygens (including phenoxy) is 10. The van der Waals surface area contributed by atoms with Crippen LogP contribution in [-0.2, 0) is 0 Å². The molecule has 0 aliphatic carbocycles. The number of rotatable bonds is 5. The van der Waals surface area contributed by atoms with E-state index in [1.807, 2.05) is 45.9 Å². The maximum atomic E-state index is 15.1. The number of benzene rings is 4. The summed E-state index contributed by atoms with van der Waals surface area (Å²) >= 11 is 0. The van der Waals surface area contributed by atoms with Gasteiger partial charge in [0.25, 0.3) is 5.69 Å². The summed E-state index contributed by atoms with van der Waals surface area (Å²) in [5, 5.41) is 11.9. The summed E-state index contributed by atoms with van der Waals surface area (Å²) in [6, 6.07) is 9.24. The van der Waals surface area contributed by atoms with Crippen LogP contribution in [-0.4, -0.2) is 81.6 Å². The average molecular weight is 851 g/mol. The van der Waals surface area contributed by atoms with Crippen LogP contribution < -0.4 is 47.4 Å². The molecular formula is C46H42FNO14. The molecule has 0 radical (unpaired) electrons. The molecule has 4 aromatic rings. The molecule has 0 aromatic heterocycles. The van der Waals surface area contributed by atoms with Gasteiger partial charge in [0.05, 0.1) is 68.0 Å². The van der Waals surface area contributed by atoms with Gasteiger partial charge in [0.15, 0.2) is 34.6 Å². The van der Waals surface area contributed by atoms with E-state index in [2.05, 4.69) is 0 Å². The number of halogens is 1. The third kappa shape index (κ3) is 6.46. The quantitative estimate of drug-likeness (QED) is 0.140. The molecule has 6 heterocycles. The number of methoxy groups -OCH3 is 4. The van der Waals surface area contributed by atoms with Crippen LogP contribution in [0, 0.1) is 15.9 Å². The van der Waals surface area contributed by atoms with E-state index in [1.54, 1.807) is 30.3 Å². The molecule has 0 saturated carbocycles. The third-order valence-electron chi connectivity index (χ3n) is 11.6. The Hall–Kier alpha value is -6.97. The van der Waals surface area contributed by atoms with Crippen molar-refractivity contribution in [1.82, 2.24) is 0 Å². The Kier molecular flexibility index (Phi) is 9.52. The molecule has 6 aliphatic heterocycles. The Morgan fingerprint density at radius 1 is 0.629 bits per heavy atom. The summed E-state index contributed by atoms with van der Waals surface area (Å²) in [6.45, 7) is 7.69. The molecule has 4 atom stereocenters. The van der Waals surface area contributed by atoms with E-state index in [4.69, 9.17) is 47.4 Å². The Morgan fingerprint density at radius 3 is 1.50 bits per heavy atom. The van der Waals surface area contributed by atoms with Crippen molar-refractivity contribution in [3.8, 4) is 57.5 Å². The summed E-state index contributed by atoms with van der Waals surface area (Å²) in [4.78, 5) is 38.6. The van der Waals surface area contributed by atoms with E-state index in [9.17, 15) is 19.7 Å². The van der Waals surface area contributed by atoms with E-state index >= 15 is 4.39 Å². The number of hydrogen-bond donors (Lipinski definition) is 0. The van der Waals surface area contributed by atoms with Crippen LogP contribution in [0.15, 0.2) is 48.6 Å². The van der Waals surface area contributed by atoms with Crippen molar-refractivity contribution < 1.29 is 66.3 Å². The maximum absolute atomic E-state index is 15.1. The van der Waals surface area contributed by atoms with Crippen LogP contribution in [0.3, 0.4) is 0 Å². The van der Waals surface area contributed by atoms with Gasteiger partial charge in [0.2, 0.25) is 0 Å². The minimum absolute atomic E-state index is 0.0643. The van der Waals surface area contributed by atoms with Crippen molar-refractivity contribution in [2.75, 3.05) is 41.7 Å². The highest BCUT2D eigenvalue weighted by Crippen LogP contribution is 2.53. The van der Waals surface area contributed by atoms with Crippen molar-refractivity contribution in [3.63, 3.8) is 0 Å². The van der Waals surface area contributed by atoms with Crippen molar-refractivity contribution in [3.05, 3.63) is 97.9 Å². The number of ketones is 2. The van der Waals surface area contributed by atoms with Gasteiger partial charge in [-0.15, -0.1) is 0 Å². The summed E-state index contributed by atoms with van der Waals surface area (Å²) in [7, 11) is 6.03. The second-order valence-corrected chi connectivity index (χ2v) is 16.4. The number of fused-ring (bicyclic) bond motifs is 12. The zero-order valence-corrected chi connectivity index (χ0v) is 35.0. The third-order valence-corrected chi connectivity index (χ3v) is 11.6. The number of carbonyl (C=O) groups is 2. The molecule has 4 unspecified atom stereocenters. The molecule has 10 rings (SSSR count). The lowest BCUT2D eigenvalue weighted by atomic mass is 9.80. The van der Waals surface area contributed by atoms with Gasteiger partial charge in [-0.05, 0) is 64.1 Å². The Morgan fingerprint density at radius 2 is 1.05 bits per heavy atom. The van der Waals surface area contributed by atoms with Crippen molar-refractivity contribution in [2.24, 2.45) is 0 Å². The molecule has 4 aromatic carbocycles.